The lowest BCUT2D eigenvalue weighted by Gasteiger charge is -2.25. The number of hydrogen-bond acceptors (Lipinski definition) is 3. The van der Waals surface area contributed by atoms with E-state index in [4.69, 9.17) is 23.2 Å². The van der Waals surface area contributed by atoms with Crippen LogP contribution in [0.15, 0.2) is 65.6 Å². The van der Waals surface area contributed by atoms with E-state index in [1.807, 2.05) is 39.0 Å². The molecule has 1 amide bonds. The molecule has 0 spiro atoms. The summed E-state index contributed by atoms with van der Waals surface area (Å²) in [6, 6.07) is 16.8. The Labute approximate surface area is 199 Å². The van der Waals surface area contributed by atoms with Gasteiger partial charge in [-0.2, -0.15) is 0 Å². The van der Waals surface area contributed by atoms with Crippen LogP contribution in [0.2, 0.25) is 10.0 Å². The van der Waals surface area contributed by atoms with Crippen LogP contribution in [0.1, 0.15) is 23.6 Å². The second kappa shape index (κ2) is 9.94. The van der Waals surface area contributed by atoms with Crippen LogP contribution in [0.5, 0.6) is 0 Å². The molecule has 168 valence electrons. The summed E-state index contributed by atoms with van der Waals surface area (Å²) < 4.78 is 28.1. The SMILES string of the molecule is CCc1cccc(C)c1NC(=O)CN(c1cccc(Cl)c1Cl)S(=O)(=O)c1ccc(C)cc1. The van der Waals surface area contributed by atoms with Gasteiger partial charge in [0.25, 0.3) is 10.0 Å². The van der Waals surface area contributed by atoms with Crippen LogP contribution in [0.3, 0.4) is 0 Å². The number of benzene rings is 3. The molecule has 0 radical (unpaired) electrons. The zero-order valence-electron chi connectivity index (χ0n) is 18.0. The number of carbonyl (C=O) groups is 1. The molecule has 0 heterocycles. The average Bonchev–Trinajstić information content (AvgIpc) is 2.76. The second-order valence-corrected chi connectivity index (χ2v) is 10.1. The number of nitrogens with zero attached hydrogens (tertiary/aromatic N) is 1. The zero-order chi connectivity index (χ0) is 23.5. The first-order chi connectivity index (χ1) is 15.1. The molecule has 0 fully saturated rings. The molecule has 5 nitrogen and oxygen atoms in total. The van der Waals surface area contributed by atoms with Crippen LogP contribution in [0.25, 0.3) is 0 Å². The molecule has 0 saturated heterocycles. The summed E-state index contributed by atoms with van der Waals surface area (Å²) in [5.41, 5.74) is 3.60. The number of carbonyl (C=O) groups excluding carboxylic acids is 1. The predicted octanol–water partition coefficient (Wildman–Crippen LogP) is 6.01. The molecule has 3 rings (SSSR count). The Morgan fingerprint density at radius 2 is 1.62 bits per heavy atom. The zero-order valence-corrected chi connectivity index (χ0v) is 20.4. The molecule has 0 aliphatic rings. The van der Waals surface area contributed by atoms with Gasteiger partial charge in [-0.05, 0) is 55.7 Å². The molecular formula is C24H24Cl2N2O3S. The van der Waals surface area contributed by atoms with E-state index in [9.17, 15) is 13.2 Å². The number of amides is 1. The van der Waals surface area contributed by atoms with E-state index in [2.05, 4.69) is 5.32 Å². The van der Waals surface area contributed by atoms with Crippen LogP contribution in [-0.2, 0) is 21.2 Å². The highest BCUT2D eigenvalue weighted by molar-refractivity contribution is 7.92. The van der Waals surface area contributed by atoms with Crippen LogP contribution in [0.4, 0.5) is 11.4 Å². The third-order valence-electron chi connectivity index (χ3n) is 5.10. The van der Waals surface area contributed by atoms with Crippen molar-refractivity contribution in [2.75, 3.05) is 16.2 Å². The molecule has 3 aromatic rings. The molecule has 0 aliphatic carbocycles. The summed E-state index contributed by atoms with van der Waals surface area (Å²) in [7, 11) is -4.09. The van der Waals surface area contributed by atoms with Gasteiger partial charge in [0.2, 0.25) is 5.91 Å². The quantitative estimate of drug-likeness (QED) is 0.441. The van der Waals surface area contributed by atoms with Gasteiger partial charge in [-0.1, -0.05) is 72.1 Å². The number of anilines is 2. The lowest BCUT2D eigenvalue weighted by atomic mass is 10.1. The molecular weight excluding hydrogens is 467 g/mol. The van der Waals surface area contributed by atoms with Crippen molar-refractivity contribution in [2.24, 2.45) is 0 Å². The van der Waals surface area contributed by atoms with E-state index in [0.717, 1.165) is 27.4 Å². The normalized spacial score (nSPS) is 11.3. The Kier molecular flexibility index (Phi) is 7.49. The first-order valence-electron chi connectivity index (χ1n) is 10.1. The first kappa shape index (κ1) is 24.1. The molecule has 3 aromatic carbocycles. The molecule has 8 heteroatoms. The highest BCUT2D eigenvalue weighted by Gasteiger charge is 2.29. The first-order valence-corrected chi connectivity index (χ1v) is 12.3. The van der Waals surface area contributed by atoms with E-state index in [-0.39, 0.29) is 20.6 Å². The van der Waals surface area contributed by atoms with Gasteiger partial charge in [0, 0.05) is 5.69 Å². The Bertz CT molecular complexity index is 1240. The molecule has 32 heavy (non-hydrogen) atoms. The number of halogens is 2. The molecule has 1 N–H and O–H groups in total. The number of hydrogen-bond donors (Lipinski definition) is 1. The third-order valence-corrected chi connectivity index (χ3v) is 7.68. The van der Waals surface area contributed by atoms with Crippen molar-refractivity contribution in [1.29, 1.82) is 0 Å². The molecule has 0 saturated carbocycles. The maximum absolute atomic E-state index is 13.5. The highest BCUT2D eigenvalue weighted by atomic mass is 35.5. The van der Waals surface area contributed by atoms with Crippen LogP contribution < -0.4 is 9.62 Å². The van der Waals surface area contributed by atoms with Gasteiger partial charge >= 0.3 is 0 Å². The minimum Gasteiger partial charge on any atom is -0.324 e. The summed E-state index contributed by atoms with van der Waals surface area (Å²) in [6.45, 7) is 5.28. The average molecular weight is 491 g/mol. The van der Waals surface area contributed by atoms with Crippen molar-refractivity contribution in [2.45, 2.75) is 32.1 Å². The molecule has 0 bridgehead atoms. The van der Waals surface area contributed by atoms with E-state index in [1.165, 1.54) is 18.2 Å². The molecule has 0 atom stereocenters. The van der Waals surface area contributed by atoms with E-state index in [0.29, 0.717) is 5.69 Å². The summed E-state index contributed by atoms with van der Waals surface area (Å²) in [5.74, 6) is -0.485. The van der Waals surface area contributed by atoms with Gasteiger partial charge < -0.3 is 5.32 Å². The molecule has 0 unspecified atom stereocenters. The lowest BCUT2D eigenvalue weighted by Crippen LogP contribution is -2.38. The summed E-state index contributed by atoms with van der Waals surface area (Å²) >= 11 is 12.5. The molecule has 0 aliphatic heterocycles. The lowest BCUT2D eigenvalue weighted by molar-refractivity contribution is -0.114. The van der Waals surface area contributed by atoms with Gasteiger partial charge in [0.1, 0.15) is 6.54 Å². The van der Waals surface area contributed by atoms with Crippen molar-refractivity contribution in [3.63, 3.8) is 0 Å². The topological polar surface area (TPSA) is 66.5 Å². The van der Waals surface area contributed by atoms with Gasteiger partial charge in [-0.15, -0.1) is 0 Å². The van der Waals surface area contributed by atoms with Crippen molar-refractivity contribution in [1.82, 2.24) is 0 Å². The van der Waals surface area contributed by atoms with Gasteiger partial charge in [0.15, 0.2) is 0 Å². The Morgan fingerprint density at radius 3 is 2.28 bits per heavy atom. The summed E-state index contributed by atoms with van der Waals surface area (Å²) in [5, 5.41) is 3.13. The van der Waals surface area contributed by atoms with Crippen molar-refractivity contribution in [3.05, 3.63) is 87.4 Å². The largest absolute Gasteiger partial charge is 0.324 e. The van der Waals surface area contributed by atoms with Crippen molar-refractivity contribution < 1.29 is 13.2 Å². The molecule has 0 aromatic heterocycles. The predicted molar refractivity (Wildman–Crippen MR) is 131 cm³/mol. The maximum Gasteiger partial charge on any atom is 0.264 e. The fourth-order valence-electron chi connectivity index (χ4n) is 3.33. The fourth-order valence-corrected chi connectivity index (χ4v) is 5.21. The number of para-hydroxylation sites is 1. The monoisotopic (exact) mass is 490 g/mol. The number of nitrogens with one attached hydrogen (secondary N) is 1. The van der Waals surface area contributed by atoms with E-state index < -0.39 is 22.5 Å². The Balaban J connectivity index is 2.03. The van der Waals surface area contributed by atoms with Crippen LogP contribution in [0, 0.1) is 13.8 Å². The Morgan fingerprint density at radius 1 is 0.969 bits per heavy atom. The number of sulfonamides is 1. The van der Waals surface area contributed by atoms with Crippen molar-refractivity contribution >= 4 is 50.5 Å². The van der Waals surface area contributed by atoms with Crippen LogP contribution in [-0.4, -0.2) is 20.9 Å². The number of aryl methyl sites for hydroxylation is 3. The van der Waals surface area contributed by atoms with E-state index >= 15 is 0 Å². The Hall–Kier alpha value is -2.54. The standard InChI is InChI=1S/C24H24Cl2N2O3S/c1-4-18-8-5-7-17(3)24(18)27-22(29)15-28(21-10-6-9-20(25)23(21)26)32(30,31)19-13-11-16(2)12-14-19/h5-14H,4,15H2,1-3H3,(H,27,29). The maximum atomic E-state index is 13.5. The summed E-state index contributed by atoms with van der Waals surface area (Å²) in [6.07, 6.45) is 0.725. The highest BCUT2D eigenvalue weighted by Crippen LogP contribution is 2.35. The van der Waals surface area contributed by atoms with Crippen molar-refractivity contribution in [3.8, 4) is 0 Å². The van der Waals surface area contributed by atoms with Gasteiger partial charge in [-0.3, -0.25) is 9.10 Å². The van der Waals surface area contributed by atoms with Gasteiger partial charge in [-0.25, -0.2) is 8.42 Å². The summed E-state index contributed by atoms with van der Waals surface area (Å²) in [4.78, 5) is 13.1. The fraction of sp³-hybridized carbons (Fsp3) is 0.208. The van der Waals surface area contributed by atoms with Crippen LogP contribution >= 0.6 is 23.2 Å². The van der Waals surface area contributed by atoms with Gasteiger partial charge in [0.05, 0.1) is 20.6 Å². The minimum atomic E-state index is -4.09. The third kappa shape index (κ3) is 5.09. The number of rotatable bonds is 7. The smallest absolute Gasteiger partial charge is 0.264 e. The minimum absolute atomic E-state index is 0.0529. The second-order valence-electron chi connectivity index (χ2n) is 7.41. The van der Waals surface area contributed by atoms with E-state index in [1.54, 1.807) is 24.3 Å².